The zero-order chi connectivity index (χ0) is 16.6. The normalized spacial score (nSPS) is 17.1. The largest absolute Gasteiger partial charge is 0.491 e. The summed E-state index contributed by atoms with van der Waals surface area (Å²) >= 11 is 0. The number of rotatable bonds is 6. The van der Waals surface area contributed by atoms with E-state index in [0.29, 0.717) is 12.3 Å². The molecule has 0 bridgehead atoms. The Kier molecular flexibility index (Phi) is 5.64. The highest BCUT2D eigenvalue weighted by molar-refractivity contribution is 6.02. The van der Waals surface area contributed by atoms with Crippen LogP contribution in [0.15, 0.2) is 60.7 Å². The minimum Gasteiger partial charge on any atom is -0.491 e. The summed E-state index contributed by atoms with van der Waals surface area (Å²) in [6, 6.07) is 17.1. The van der Waals surface area contributed by atoms with Crippen molar-refractivity contribution >= 4 is 17.7 Å². The van der Waals surface area contributed by atoms with Gasteiger partial charge in [0.15, 0.2) is 0 Å². The van der Waals surface area contributed by atoms with Gasteiger partial charge in [0, 0.05) is 24.4 Å². The van der Waals surface area contributed by atoms with Crippen LogP contribution < -0.4 is 10.1 Å². The summed E-state index contributed by atoms with van der Waals surface area (Å²) in [7, 11) is 0. The van der Waals surface area contributed by atoms with Gasteiger partial charge < -0.3 is 14.8 Å². The molecule has 1 aliphatic heterocycles. The lowest BCUT2D eigenvalue weighted by molar-refractivity contribution is -0.111. The zero-order valence-electron chi connectivity index (χ0n) is 13.5. The number of amides is 1. The lowest BCUT2D eigenvalue weighted by Crippen LogP contribution is -2.16. The van der Waals surface area contributed by atoms with Crippen LogP contribution in [0.25, 0.3) is 6.08 Å². The van der Waals surface area contributed by atoms with Crippen molar-refractivity contribution in [3.05, 3.63) is 66.2 Å². The van der Waals surface area contributed by atoms with E-state index in [2.05, 4.69) is 5.32 Å². The number of nitrogens with one attached hydrogen (secondary N) is 1. The molecule has 2 aromatic rings. The third kappa shape index (κ3) is 4.96. The van der Waals surface area contributed by atoms with Gasteiger partial charge in [0.05, 0.1) is 6.10 Å². The molecule has 4 heteroatoms. The first-order valence-corrected chi connectivity index (χ1v) is 8.18. The molecule has 0 aromatic heterocycles. The first-order chi connectivity index (χ1) is 11.8. The molecular weight excluding hydrogens is 302 g/mol. The second-order valence-electron chi connectivity index (χ2n) is 5.71. The molecule has 4 nitrogen and oxygen atoms in total. The molecule has 1 aliphatic rings. The van der Waals surface area contributed by atoms with Crippen LogP contribution in [-0.4, -0.2) is 25.2 Å². The summed E-state index contributed by atoms with van der Waals surface area (Å²) in [4.78, 5) is 12.0. The third-order valence-corrected chi connectivity index (χ3v) is 3.79. The number of anilines is 1. The van der Waals surface area contributed by atoms with Gasteiger partial charge in [-0.15, -0.1) is 0 Å². The van der Waals surface area contributed by atoms with Gasteiger partial charge in [0.1, 0.15) is 12.4 Å². The Hall–Kier alpha value is -2.59. The number of carbonyl (C=O) groups excluding carboxylic acids is 1. The van der Waals surface area contributed by atoms with Crippen molar-refractivity contribution in [3.63, 3.8) is 0 Å². The maximum absolute atomic E-state index is 12.0. The fourth-order valence-electron chi connectivity index (χ4n) is 2.55. The van der Waals surface area contributed by atoms with Crippen LogP contribution in [0.3, 0.4) is 0 Å². The van der Waals surface area contributed by atoms with E-state index in [0.717, 1.165) is 30.8 Å². The Balaban J connectivity index is 1.53. The van der Waals surface area contributed by atoms with Gasteiger partial charge in [0.2, 0.25) is 5.91 Å². The number of hydrogen-bond donors (Lipinski definition) is 1. The molecule has 2 aromatic carbocycles. The van der Waals surface area contributed by atoms with Gasteiger partial charge in [-0.25, -0.2) is 0 Å². The standard InChI is InChI=1S/C20H21NO3/c22-20(12-11-16-6-2-1-3-7-16)21-17-8-4-9-18(14-17)24-15-19-10-5-13-23-19/h1-4,6-9,11-12,14,19H,5,10,13,15H2,(H,21,22)/b12-11+. The molecule has 1 heterocycles. The molecule has 3 rings (SSSR count). The van der Waals surface area contributed by atoms with Crippen LogP contribution in [0.1, 0.15) is 18.4 Å². The Bertz CT molecular complexity index is 691. The second kappa shape index (κ2) is 8.31. The number of ether oxygens (including phenoxy) is 2. The maximum Gasteiger partial charge on any atom is 0.248 e. The van der Waals surface area contributed by atoms with Crippen molar-refractivity contribution in [2.24, 2.45) is 0 Å². The first kappa shape index (κ1) is 16.3. The first-order valence-electron chi connectivity index (χ1n) is 8.18. The van der Waals surface area contributed by atoms with E-state index in [1.165, 1.54) is 6.08 Å². The highest BCUT2D eigenvalue weighted by Gasteiger charge is 2.15. The summed E-state index contributed by atoms with van der Waals surface area (Å²) in [6.07, 6.45) is 5.62. The number of carbonyl (C=O) groups is 1. The van der Waals surface area contributed by atoms with Crippen LogP contribution >= 0.6 is 0 Å². The molecule has 1 N–H and O–H groups in total. The molecule has 124 valence electrons. The molecule has 1 atom stereocenters. The maximum atomic E-state index is 12.0. The molecule has 0 aliphatic carbocycles. The topological polar surface area (TPSA) is 47.6 Å². The summed E-state index contributed by atoms with van der Waals surface area (Å²) < 4.78 is 11.3. The zero-order valence-corrected chi connectivity index (χ0v) is 13.5. The minimum atomic E-state index is -0.171. The SMILES string of the molecule is O=C(/C=C/c1ccccc1)Nc1cccc(OCC2CCCO2)c1. The van der Waals surface area contributed by atoms with E-state index in [9.17, 15) is 4.79 Å². The monoisotopic (exact) mass is 323 g/mol. The highest BCUT2D eigenvalue weighted by Crippen LogP contribution is 2.19. The second-order valence-corrected chi connectivity index (χ2v) is 5.71. The average Bonchev–Trinajstić information content (AvgIpc) is 3.13. The van der Waals surface area contributed by atoms with Gasteiger partial charge in [-0.2, -0.15) is 0 Å². The molecule has 1 fully saturated rings. The molecule has 1 unspecified atom stereocenters. The number of hydrogen-bond acceptors (Lipinski definition) is 3. The Labute approximate surface area is 142 Å². The van der Waals surface area contributed by atoms with Crippen molar-refractivity contribution in [2.45, 2.75) is 18.9 Å². The summed E-state index contributed by atoms with van der Waals surface area (Å²) in [5, 5.41) is 2.84. The smallest absolute Gasteiger partial charge is 0.248 e. The Morgan fingerprint density at radius 2 is 2.08 bits per heavy atom. The van der Waals surface area contributed by atoms with Crippen molar-refractivity contribution in [2.75, 3.05) is 18.5 Å². The third-order valence-electron chi connectivity index (χ3n) is 3.79. The Morgan fingerprint density at radius 1 is 1.21 bits per heavy atom. The fraction of sp³-hybridized carbons (Fsp3) is 0.250. The molecule has 1 amide bonds. The molecule has 1 saturated heterocycles. The van der Waals surface area contributed by atoms with Crippen LogP contribution in [0, 0.1) is 0 Å². The van der Waals surface area contributed by atoms with Crippen LogP contribution in [0.5, 0.6) is 5.75 Å². The summed E-state index contributed by atoms with van der Waals surface area (Å²) in [5.41, 5.74) is 1.70. The van der Waals surface area contributed by atoms with Gasteiger partial charge in [-0.1, -0.05) is 36.4 Å². The lowest BCUT2D eigenvalue weighted by atomic mass is 10.2. The van der Waals surface area contributed by atoms with E-state index in [-0.39, 0.29) is 12.0 Å². The van der Waals surface area contributed by atoms with E-state index < -0.39 is 0 Å². The molecule has 0 saturated carbocycles. The van der Waals surface area contributed by atoms with Crippen LogP contribution in [0.4, 0.5) is 5.69 Å². The number of benzene rings is 2. The molecular formula is C20H21NO3. The lowest BCUT2D eigenvalue weighted by Gasteiger charge is -2.12. The van der Waals surface area contributed by atoms with Crippen molar-refractivity contribution < 1.29 is 14.3 Å². The predicted molar refractivity (Wildman–Crippen MR) is 95.0 cm³/mol. The fourth-order valence-corrected chi connectivity index (χ4v) is 2.55. The predicted octanol–water partition coefficient (Wildman–Crippen LogP) is 3.90. The minimum absolute atomic E-state index is 0.171. The molecule has 0 radical (unpaired) electrons. The van der Waals surface area contributed by atoms with Gasteiger partial charge in [-0.05, 0) is 36.6 Å². The van der Waals surface area contributed by atoms with Crippen molar-refractivity contribution in [1.29, 1.82) is 0 Å². The van der Waals surface area contributed by atoms with E-state index in [1.54, 1.807) is 6.08 Å². The van der Waals surface area contributed by atoms with Gasteiger partial charge in [-0.3, -0.25) is 4.79 Å². The average molecular weight is 323 g/mol. The van der Waals surface area contributed by atoms with Gasteiger partial charge >= 0.3 is 0 Å². The quantitative estimate of drug-likeness (QED) is 0.820. The van der Waals surface area contributed by atoms with Crippen molar-refractivity contribution in [3.8, 4) is 5.75 Å². The summed E-state index contributed by atoms with van der Waals surface area (Å²) in [6.45, 7) is 1.36. The van der Waals surface area contributed by atoms with Gasteiger partial charge in [0.25, 0.3) is 0 Å². The molecule has 0 spiro atoms. The van der Waals surface area contributed by atoms with E-state index in [4.69, 9.17) is 9.47 Å². The Morgan fingerprint density at radius 3 is 2.88 bits per heavy atom. The van der Waals surface area contributed by atoms with Crippen LogP contribution in [0.2, 0.25) is 0 Å². The molecule has 24 heavy (non-hydrogen) atoms. The summed E-state index contributed by atoms with van der Waals surface area (Å²) in [5.74, 6) is 0.561. The van der Waals surface area contributed by atoms with Crippen LogP contribution in [-0.2, 0) is 9.53 Å². The van der Waals surface area contributed by atoms with E-state index >= 15 is 0 Å². The van der Waals surface area contributed by atoms with Crippen molar-refractivity contribution in [1.82, 2.24) is 0 Å². The highest BCUT2D eigenvalue weighted by atomic mass is 16.5. The van der Waals surface area contributed by atoms with E-state index in [1.807, 2.05) is 54.6 Å².